The summed E-state index contributed by atoms with van der Waals surface area (Å²) in [6, 6.07) is 24.0. The van der Waals surface area contributed by atoms with Gasteiger partial charge >= 0.3 is 5.97 Å². The summed E-state index contributed by atoms with van der Waals surface area (Å²) in [5.74, 6) is -0.166. The third-order valence-electron chi connectivity index (χ3n) is 4.07. The van der Waals surface area contributed by atoms with Crippen LogP contribution < -0.4 is 10.2 Å². The highest BCUT2D eigenvalue weighted by atomic mass is 16.5. The first kappa shape index (κ1) is 19.8. The van der Waals surface area contributed by atoms with E-state index in [1.807, 2.05) is 54.6 Å². The Morgan fingerprint density at radius 1 is 0.931 bits per heavy atom. The van der Waals surface area contributed by atoms with Crippen LogP contribution in [0.5, 0.6) is 5.75 Å². The first-order valence-electron chi connectivity index (χ1n) is 8.95. The molecule has 0 saturated carbocycles. The fraction of sp³-hybridized carbons (Fsp3) is 0.0870. The van der Waals surface area contributed by atoms with Crippen molar-refractivity contribution in [3.8, 4) is 16.9 Å². The number of para-hydroxylation sites is 1. The zero-order valence-corrected chi connectivity index (χ0v) is 15.9. The van der Waals surface area contributed by atoms with E-state index in [4.69, 9.17) is 4.74 Å². The zero-order chi connectivity index (χ0) is 20.5. The number of ether oxygens (including phenoxy) is 2. The maximum Gasteiger partial charge on any atom is 0.337 e. The number of amides is 1. The van der Waals surface area contributed by atoms with Gasteiger partial charge < -0.3 is 9.47 Å². The topological polar surface area (TPSA) is 77.0 Å². The molecule has 146 valence electrons. The molecule has 0 aliphatic rings. The second-order valence-corrected chi connectivity index (χ2v) is 6.06. The maximum atomic E-state index is 12.0. The van der Waals surface area contributed by atoms with Gasteiger partial charge in [0.25, 0.3) is 5.91 Å². The summed E-state index contributed by atoms with van der Waals surface area (Å²) in [5, 5.41) is 3.91. The third-order valence-corrected chi connectivity index (χ3v) is 4.07. The van der Waals surface area contributed by atoms with E-state index in [0.29, 0.717) is 11.3 Å². The SMILES string of the molecule is COC(=O)c1ccc(/C=N\NC(=O)COc2ccccc2-c2ccccc2)cc1. The quantitative estimate of drug-likeness (QED) is 0.381. The molecule has 1 amide bonds. The Morgan fingerprint density at radius 2 is 1.62 bits per heavy atom. The second kappa shape index (κ2) is 9.85. The predicted octanol–water partition coefficient (Wildman–Crippen LogP) is 3.67. The highest BCUT2D eigenvalue weighted by molar-refractivity contribution is 5.90. The number of carbonyl (C=O) groups is 2. The van der Waals surface area contributed by atoms with Crippen LogP contribution in [-0.2, 0) is 9.53 Å². The van der Waals surface area contributed by atoms with Crippen molar-refractivity contribution in [2.24, 2.45) is 5.10 Å². The molecule has 3 aromatic carbocycles. The fourth-order valence-electron chi connectivity index (χ4n) is 2.63. The highest BCUT2D eigenvalue weighted by Gasteiger charge is 2.08. The Kier molecular flexibility index (Phi) is 6.73. The van der Waals surface area contributed by atoms with Crippen molar-refractivity contribution in [2.45, 2.75) is 0 Å². The summed E-state index contributed by atoms with van der Waals surface area (Å²) in [7, 11) is 1.33. The molecule has 0 radical (unpaired) electrons. The Bertz CT molecular complexity index is 999. The molecule has 0 heterocycles. The molecule has 0 bridgehead atoms. The van der Waals surface area contributed by atoms with Gasteiger partial charge in [-0.25, -0.2) is 10.2 Å². The molecule has 0 aliphatic heterocycles. The molecule has 6 nitrogen and oxygen atoms in total. The van der Waals surface area contributed by atoms with Gasteiger partial charge in [0.15, 0.2) is 6.61 Å². The molecule has 29 heavy (non-hydrogen) atoms. The van der Waals surface area contributed by atoms with Crippen LogP contribution in [0.3, 0.4) is 0 Å². The Labute approximate surface area is 168 Å². The van der Waals surface area contributed by atoms with E-state index >= 15 is 0 Å². The lowest BCUT2D eigenvalue weighted by molar-refractivity contribution is -0.123. The van der Waals surface area contributed by atoms with Gasteiger partial charge in [0, 0.05) is 5.56 Å². The summed E-state index contributed by atoms with van der Waals surface area (Å²) in [4.78, 5) is 23.4. The molecule has 0 atom stereocenters. The van der Waals surface area contributed by atoms with E-state index in [2.05, 4.69) is 15.3 Å². The number of hydrogen-bond donors (Lipinski definition) is 1. The number of nitrogens with one attached hydrogen (secondary N) is 1. The van der Waals surface area contributed by atoms with Crippen LogP contribution in [0.15, 0.2) is 84.0 Å². The monoisotopic (exact) mass is 388 g/mol. The normalized spacial score (nSPS) is 10.5. The lowest BCUT2D eigenvalue weighted by atomic mass is 10.1. The fourth-order valence-corrected chi connectivity index (χ4v) is 2.63. The van der Waals surface area contributed by atoms with Gasteiger partial charge in [0.1, 0.15) is 5.75 Å². The number of carbonyl (C=O) groups excluding carboxylic acids is 2. The van der Waals surface area contributed by atoms with E-state index in [-0.39, 0.29) is 12.5 Å². The molecule has 0 fully saturated rings. The van der Waals surface area contributed by atoms with Crippen LogP contribution in [0.25, 0.3) is 11.1 Å². The van der Waals surface area contributed by atoms with Crippen molar-refractivity contribution >= 4 is 18.1 Å². The molecule has 3 rings (SSSR count). The van der Waals surface area contributed by atoms with Crippen molar-refractivity contribution in [2.75, 3.05) is 13.7 Å². The standard InChI is InChI=1S/C23H20N2O4/c1-28-23(27)19-13-11-17(12-14-19)15-24-25-22(26)16-29-21-10-6-5-9-20(21)18-7-3-2-4-8-18/h2-15H,16H2,1H3,(H,25,26)/b24-15-. The third kappa shape index (κ3) is 5.52. The number of methoxy groups -OCH3 is 1. The highest BCUT2D eigenvalue weighted by Crippen LogP contribution is 2.29. The first-order valence-corrected chi connectivity index (χ1v) is 8.95. The van der Waals surface area contributed by atoms with Crippen LogP contribution in [0.1, 0.15) is 15.9 Å². The largest absolute Gasteiger partial charge is 0.483 e. The second-order valence-electron chi connectivity index (χ2n) is 6.06. The van der Waals surface area contributed by atoms with Crippen LogP contribution >= 0.6 is 0 Å². The minimum atomic E-state index is -0.408. The molecular formula is C23H20N2O4. The van der Waals surface area contributed by atoms with Crippen LogP contribution in [-0.4, -0.2) is 31.8 Å². The van der Waals surface area contributed by atoms with Crippen LogP contribution in [0.2, 0.25) is 0 Å². The van der Waals surface area contributed by atoms with Gasteiger partial charge in [0.2, 0.25) is 0 Å². The van der Waals surface area contributed by atoms with E-state index in [0.717, 1.165) is 16.7 Å². The maximum absolute atomic E-state index is 12.0. The molecule has 0 aliphatic carbocycles. The average molecular weight is 388 g/mol. The molecule has 0 spiro atoms. The minimum absolute atomic E-state index is 0.164. The molecule has 0 unspecified atom stereocenters. The Balaban J connectivity index is 1.54. The van der Waals surface area contributed by atoms with Gasteiger partial charge in [-0.05, 0) is 29.3 Å². The molecule has 3 aromatic rings. The molecular weight excluding hydrogens is 368 g/mol. The molecule has 0 aromatic heterocycles. The van der Waals surface area contributed by atoms with Gasteiger partial charge in [0.05, 0.1) is 18.9 Å². The van der Waals surface area contributed by atoms with Gasteiger partial charge in [-0.3, -0.25) is 4.79 Å². The van der Waals surface area contributed by atoms with E-state index < -0.39 is 5.97 Å². The molecule has 6 heteroatoms. The van der Waals surface area contributed by atoms with Crippen molar-refractivity contribution in [3.05, 3.63) is 90.0 Å². The smallest absolute Gasteiger partial charge is 0.337 e. The summed E-state index contributed by atoms with van der Waals surface area (Å²) in [6.07, 6.45) is 1.48. The Hall–Kier alpha value is -3.93. The van der Waals surface area contributed by atoms with E-state index in [1.165, 1.54) is 13.3 Å². The van der Waals surface area contributed by atoms with Gasteiger partial charge in [-0.2, -0.15) is 5.10 Å². The van der Waals surface area contributed by atoms with Crippen molar-refractivity contribution in [1.29, 1.82) is 0 Å². The first-order chi connectivity index (χ1) is 14.2. The van der Waals surface area contributed by atoms with Crippen LogP contribution in [0.4, 0.5) is 0 Å². The van der Waals surface area contributed by atoms with Gasteiger partial charge in [-0.1, -0.05) is 60.7 Å². The van der Waals surface area contributed by atoms with E-state index in [9.17, 15) is 9.59 Å². The lowest BCUT2D eigenvalue weighted by Crippen LogP contribution is -2.24. The number of nitrogens with zero attached hydrogens (tertiary/aromatic N) is 1. The lowest BCUT2D eigenvalue weighted by Gasteiger charge is -2.10. The van der Waals surface area contributed by atoms with Gasteiger partial charge in [-0.15, -0.1) is 0 Å². The number of rotatable bonds is 7. The zero-order valence-electron chi connectivity index (χ0n) is 15.9. The number of benzene rings is 3. The summed E-state index contributed by atoms with van der Waals surface area (Å²) in [5.41, 5.74) is 5.52. The predicted molar refractivity (Wildman–Crippen MR) is 111 cm³/mol. The van der Waals surface area contributed by atoms with Crippen molar-refractivity contribution in [1.82, 2.24) is 5.43 Å². The summed E-state index contributed by atoms with van der Waals surface area (Å²) < 4.78 is 10.3. The summed E-state index contributed by atoms with van der Waals surface area (Å²) >= 11 is 0. The number of hydrogen-bond acceptors (Lipinski definition) is 5. The van der Waals surface area contributed by atoms with Crippen molar-refractivity contribution < 1.29 is 19.1 Å². The number of hydrazone groups is 1. The molecule has 1 N–H and O–H groups in total. The number of esters is 1. The van der Waals surface area contributed by atoms with Crippen LogP contribution in [0, 0.1) is 0 Å². The van der Waals surface area contributed by atoms with E-state index in [1.54, 1.807) is 24.3 Å². The minimum Gasteiger partial charge on any atom is -0.483 e. The average Bonchev–Trinajstić information content (AvgIpc) is 2.78. The molecule has 0 saturated heterocycles. The Morgan fingerprint density at radius 3 is 2.34 bits per heavy atom. The summed E-state index contributed by atoms with van der Waals surface area (Å²) in [6.45, 7) is -0.164. The van der Waals surface area contributed by atoms with Crippen molar-refractivity contribution in [3.63, 3.8) is 0 Å².